The Morgan fingerprint density at radius 3 is 2.69 bits per heavy atom. The van der Waals surface area contributed by atoms with Crippen LogP contribution >= 0.6 is 0 Å². The molecule has 2 N–H and O–H groups in total. The maximum Gasteiger partial charge on any atom is 0.320 e. The first-order chi connectivity index (χ1) is 12.6. The van der Waals surface area contributed by atoms with Gasteiger partial charge in [-0.25, -0.2) is 9.78 Å². The van der Waals surface area contributed by atoms with Gasteiger partial charge in [0.2, 0.25) is 0 Å². The summed E-state index contributed by atoms with van der Waals surface area (Å²) in [6.07, 6.45) is 3.56. The van der Waals surface area contributed by atoms with Crippen molar-refractivity contribution in [1.29, 1.82) is 0 Å². The molecule has 26 heavy (non-hydrogen) atoms. The van der Waals surface area contributed by atoms with Gasteiger partial charge < -0.3 is 19.9 Å². The second kappa shape index (κ2) is 7.74. The molecule has 2 amide bonds. The van der Waals surface area contributed by atoms with Gasteiger partial charge in [0.15, 0.2) is 0 Å². The molecule has 0 aliphatic heterocycles. The molecular weight excluding hydrogens is 328 g/mol. The van der Waals surface area contributed by atoms with E-state index in [0.717, 1.165) is 28.4 Å². The Balaban J connectivity index is 1.86. The lowest BCUT2D eigenvalue weighted by Crippen LogP contribution is -2.34. The van der Waals surface area contributed by atoms with Crippen LogP contribution in [0.5, 0.6) is 5.75 Å². The normalized spacial score (nSPS) is 11.7. The molecule has 6 heteroatoms. The molecule has 0 saturated heterocycles. The molecule has 0 aliphatic rings. The maximum atomic E-state index is 12.6. The van der Waals surface area contributed by atoms with E-state index in [2.05, 4.69) is 15.6 Å². The summed E-state index contributed by atoms with van der Waals surface area (Å²) in [6.45, 7) is 1.98. The van der Waals surface area contributed by atoms with Crippen LogP contribution < -0.4 is 15.4 Å². The van der Waals surface area contributed by atoms with Crippen molar-refractivity contribution in [2.45, 2.75) is 13.0 Å². The molecule has 0 fully saturated rings. The van der Waals surface area contributed by atoms with E-state index in [1.54, 1.807) is 13.3 Å². The highest BCUT2D eigenvalue weighted by atomic mass is 16.5. The summed E-state index contributed by atoms with van der Waals surface area (Å²) in [5.41, 5.74) is 2.71. The molecule has 1 aromatic heterocycles. The van der Waals surface area contributed by atoms with Crippen LogP contribution in [-0.2, 0) is 7.05 Å². The molecule has 0 aliphatic carbocycles. The van der Waals surface area contributed by atoms with Gasteiger partial charge in [0.05, 0.1) is 7.11 Å². The van der Waals surface area contributed by atoms with Gasteiger partial charge in [-0.15, -0.1) is 0 Å². The zero-order valence-corrected chi connectivity index (χ0v) is 15.1. The zero-order chi connectivity index (χ0) is 18.5. The van der Waals surface area contributed by atoms with Gasteiger partial charge in [-0.05, 0) is 42.3 Å². The van der Waals surface area contributed by atoms with Crippen LogP contribution in [0.15, 0.2) is 60.9 Å². The minimum atomic E-state index is -0.407. The van der Waals surface area contributed by atoms with E-state index in [9.17, 15) is 4.79 Å². The van der Waals surface area contributed by atoms with Crippen molar-refractivity contribution >= 4 is 11.7 Å². The number of hydrogen-bond acceptors (Lipinski definition) is 3. The summed E-state index contributed by atoms with van der Waals surface area (Å²) in [7, 11) is 3.52. The number of nitrogens with zero attached hydrogens (tertiary/aromatic N) is 2. The average Bonchev–Trinajstić information content (AvgIpc) is 3.05. The molecule has 0 bridgehead atoms. The Labute approximate surface area is 152 Å². The lowest BCUT2D eigenvalue weighted by Gasteiger charge is -2.20. The molecule has 2 aromatic carbocycles. The zero-order valence-electron chi connectivity index (χ0n) is 15.1. The molecule has 1 atom stereocenters. The monoisotopic (exact) mass is 350 g/mol. The van der Waals surface area contributed by atoms with Crippen LogP contribution in [0.25, 0.3) is 0 Å². The van der Waals surface area contributed by atoms with Crippen LogP contribution in [0.1, 0.15) is 23.0 Å². The smallest absolute Gasteiger partial charge is 0.320 e. The van der Waals surface area contributed by atoms with Crippen LogP contribution in [0.4, 0.5) is 10.5 Å². The van der Waals surface area contributed by atoms with E-state index < -0.39 is 6.04 Å². The molecule has 0 saturated carbocycles. The molecule has 3 rings (SSSR count). The summed E-state index contributed by atoms with van der Waals surface area (Å²) in [5, 5.41) is 5.88. The number of imidazole rings is 1. The minimum Gasteiger partial charge on any atom is -0.497 e. The van der Waals surface area contributed by atoms with Crippen LogP contribution in [0.3, 0.4) is 0 Å². The standard InChI is InChI=1S/C20H22N4O2/c1-14-6-4-8-16(12-14)22-20(25)23-18(19-21-10-11-24(19)2)15-7-5-9-17(13-15)26-3/h4-13,18H,1-3H3,(H2,22,23,25). The summed E-state index contributed by atoms with van der Waals surface area (Å²) < 4.78 is 7.20. The number of aromatic nitrogens is 2. The van der Waals surface area contributed by atoms with E-state index in [-0.39, 0.29) is 6.03 Å². The van der Waals surface area contributed by atoms with E-state index in [1.807, 2.05) is 73.3 Å². The third kappa shape index (κ3) is 4.03. The van der Waals surface area contributed by atoms with E-state index in [1.165, 1.54) is 0 Å². The van der Waals surface area contributed by atoms with E-state index in [0.29, 0.717) is 0 Å². The highest BCUT2D eigenvalue weighted by molar-refractivity contribution is 5.89. The Kier molecular flexibility index (Phi) is 5.22. The third-order valence-electron chi connectivity index (χ3n) is 4.10. The fraction of sp³-hybridized carbons (Fsp3) is 0.200. The number of urea groups is 1. The number of anilines is 1. The largest absolute Gasteiger partial charge is 0.497 e. The van der Waals surface area contributed by atoms with Crippen molar-refractivity contribution in [2.75, 3.05) is 12.4 Å². The van der Waals surface area contributed by atoms with Gasteiger partial charge in [-0.3, -0.25) is 0 Å². The van der Waals surface area contributed by atoms with Gasteiger partial charge in [0.25, 0.3) is 0 Å². The van der Waals surface area contributed by atoms with Gasteiger partial charge in [-0.1, -0.05) is 24.3 Å². The molecule has 0 radical (unpaired) electrons. The number of methoxy groups -OCH3 is 1. The summed E-state index contributed by atoms with van der Waals surface area (Å²) in [4.78, 5) is 17.0. The number of hydrogen-bond donors (Lipinski definition) is 2. The van der Waals surface area contributed by atoms with Crippen LogP contribution in [-0.4, -0.2) is 22.7 Å². The predicted octanol–water partition coefficient (Wildman–Crippen LogP) is 3.65. The van der Waals surface area contributed by atoms with Crippen molar-refractivity contribution in [1.82, 2.24) is 14.9 Å². The number of carbonyl (C=O) groups is 1. The summed E-state index contributed by atoms with van der Waals surface area (Å²) >= 11 is 0. The third-order valence-corrected chi connectivity index (χ3v) is 4.10. The SMILES string of the molecule is COc1cccc(C(NC(=O)Nc2cccc(C)c2)c2nccn2C)c1. The average molecular weight is 350 g/mol. The molecule has 6 nitrogen and oxygen atoms in total. The lowest BCUT2D eigenvalue weighted by molar-refractivity contribution is 0.249. The summed E-state index contributed by atoms with van der Waals surface area (Å²) in [5.74, 6) is 1.46. The molecule has 0 spiro atoms. The number of aryl methyl sites for hydroxylation is 2. The first kappa shape index (κ1) is 17.5. The Bertz CT molecular complexity index is 904. The summed E-state index contributed by atoms with van der Waals surface area (Å²) in [6, 6.07) is 14.5. The number of nitrogens with one attached hydrogen (secondary N) is 2. The second-order valence-electron chi connectivity index (χ2n) is 6.07. The molecule has 1 heterocycles. The molecule has 134 valence electrons. The number of carbonyl (C=O) groups excluding carboxylic acids is 1. The second-order valence-corrected chi connectivity index (χ2v) is 6.07. The fourth-order valence-corrected chi connectivity index (χ4v) is 2.79. The minimum absolute atomic E-state index is 0.300. The van der Waals surface area contributed by atoms with Crippen molar-refractivity contribution in [3.05, 3.63) is 77.9 Å². The number of amides is 2. The molecule has 3 aromatic rings. The Morgan fingerprint density at radius 1 is 1.19 bits per heavy atom. The number of benzene rings is 2. The highest BCUT2D eigenvalue weighted by Gasteiger charge is 2.21. The predicted molar refractivity (Wildman–Crippen MR) is 101 cm³/mol. The van der Waals surface area contributed by atoms with Crippen LogP contribution in [0.2, 0.25) is 0 Å². The maximum absolute atomic E-state index is 12.6. The Morgan fingerprint density at radius 2 is 2.00 bits per heavy atom. The van der Waals surface area contributed by atoms with Crippen molar-refractivity contribution < 1.29 is 9.53 Å². The van der Waals surface area contributed by atoms with Gasteiger partial charge in [-0.2, -0.15) is 0 Å². The van der Waals surface area contributed by atoms with Crippen LogP contribution in [0, 0.1) is 6.92 Å². The van der Waals surface area contributed by atoms with Crippen molar-refractivity contribution in [2.24, 2.45) is 7.05 Å². The lowest BCUT2D eigenvalue weighted by atomic mass is 10.1. The Hall–Kier alpha value is -3.28. The number of ether oxygens (including phenoxy) is 1. The first-order valence-electron chi connectivity index (χ1n) is 8.32. The quantitative estimate of drug-likeness (QED) is 0.738. The van der Waals surface area contributed by atoms with E-state index in [4.69, 9.17) is 4.74 Å². The van der Waals surface area contributed by atoms with Gasteiger partial charge in [0.1, 0.15) is 17.6 Å². The fourth-order valence-electron chi connectivity index (χ4n) is 2.79. The first-order valence-corrected chi connectivity index (χ1v) is 8.32. The molecule has 1 unspecified atom stereocenters. The van der Waals surface area contributed by atoms with Gasteiger partial charge >= 0.3 is 6.03 Å². The van der Waals surface area contributed by atoms with Crippen molar-refractivity contribution in [3.8, 4) is 5.75 Å². The van der Waals surface area contributed by atoms with E-state index >= 15 is 0 Å². The van der Waals surface area contributed by atoms with Gasteiger partial charge in [0, 0.05) is 25.1 Å². The topological polar surface area (TPSA) is 68.2 Å². The molecular formula is C20H22N4O2. The van der Waals surface area contributed by atoms with Crippen molar-refractivity contribution in [3.63, 3.8) is 0 Å². The number of rotatable bonds is 5. The highest BCUT2D eigenvalue weighted by Crippen LogP contribution is 2.24.